The van der Waals surface area contributed by atoms with Crippen molar-refractivity contribution >= 4 is 11.9 Å². The highest BCUT2D eigenvalue weighted by molar-refractivity contribution is 5.78. The molecule has 1 aromatic heterocycles. The van der Waals surface area contributed by atoms with Gasteiger partial charge in [0.15, 0.2) is 0 Å². The molecule has 110 valence electrons. The van der Waals surface area contributed by atoms with Crippen LogP contribution in [0.4, 0.5) is 5.69 Å². The quantitative estimate of drug-likeness (QED) is 0.579. The normalized spacial score (nSPS) is 10.8. The summed E-state index contributed by atoms with van der Waals surface area (Å²) >= 11 is 0. The SMILES string of the molecule is COc1ccc(N/N=C/c2ccnn2-c2ccccc2)cc1. The van der Waals surface area contributed by atoms with Crippen molar-refractivity contribution in [2.45, 2.75) is 0 Å². The average molecular weight is 292 g/mol. The summed E-state index contributed by atoms with van der Waals surface area (Å²) in [6.07, 6.45) is 3.49. The summed E-state index contributed by atoms with van der Waals surface area (Å²) in [5.41, 5.74) is 5.77. The molecule has 0 aliphatic carbocycles. The summed E-state index contributed by atoms with van der Waals surface area (Å²) in [4.78, 5) is 0. The van der Waals surface area contributed by atoms with Crippen LogP contribution in [0.2, 0.25) is 0 Å². The number of hydrazone groups is 1. The van der Waals surface area contributed by atoms with Gasteiger partial charge in [0.05, 0.1) is 36.6 Å². The lowest BCUT2D eigenvalue weighted by Crippen LogP contribution is -2.02. The van der Waals surface area contributed by atoms with E-state index in [2.05, 4.69) is 15.6 Å². The number of nitrogens with zero attached hydrogens (tertiary/aromatic N) is 3. The molecule has 1 N–H and O–H groups in total. The van der Waals surface area contributed by atoms with Crippen LogP contribution >= 0.6 is 0 Å². The van der Waals surface area contributed by atoms with E-state index in [1.54, 1.807) is 19.5 Å². The van der Waals surface area contributed by atoms with Crippen LogP contribution in [0.1, 0.15) is 5.69 Å². The molecule has 1 heterocycles. The van der Waals surface area contributed by atoms with Crippen LogP contribution in [-0.4, -0.2) is 23.1 Å². The van der Waals surface area contributed by atoms with Crippen molar-refractivity contribution in [2.75, 3.05) is 12.5 Å². The number of aromatic nitrogens is 2. The highest BCUT2D eigenvalue weighted by Crippen LogP contribution is 2.15. The number of nitrogens with one attached hydrogen (secondary N) is 1. The van der Waals surface area contributed by atoms with Gasteiger partial charge in [-0.2, -0.15) is 10.2 Å². The number of anilines is 1. The van der Waals surface area contributed by atoms with Gasteiger partial charge >= 0.3 is 0 Å². The molecule has 0 aliphatic rings. The number of ether oxygens (including phenoxy) is 1. The lowest BCUT2D eigenvalue weighted by Gasteiger charge is -2.04. The van der Waals surface area contributed by atoms with Crippen LogP contribution in [0, 0.1) is 0 Å². The maximum absolute atomic E-state index is 5.12. The number of hydrogen-bond donors (Lipinski definition) is 1. The van der Waals surface area contributed by atoms with Crippen molar-refractivity contribution in [3.8, 4) is 11.4 Å². The molecule has 0 radical (unpaired) electrons. The fourth-order valence-corrected chi connectivity index (χ4v) is 2.03. The Balaban J connectivity index is 1.72. The molecule has 5 heteroatoms. The summed E-state index contributed by atoms with van der Waals surface area (Å²) in [6.45, 7) is 0. The monoisotopic (exact) mass is 292 g/mol. The molecular formula is C17H16N4O. The molecule has 2 aromatic carbocycles. The van der Waals surface area contributed by atoms with E-state index in [0.717, 1.165) is 22.8 Å². The van der Waals surface area contributed by atoms with Crippen molar-refractivity contribution in [1.82, 2.24) is 9.78 Å². The van der Waals surface area contributed by atoms with Gasteiger partial charge in [0.25, 0.3) is 0 Å². The predicted octanol–water partition coefficient (Wildman–Crippen LogP) is 3.33. The average Bonchev–Trinajstić information content (AvgIpc) is 3.05. The fraction of sp³-hybridized carbons (Fsp3) is 0.0588. The van der Waals surface area contributed by atoms with E-state index >= 15 is 0 Å². The summed E-state index contributed by atoms with van der Waals surface area (Å²) < 4.78 is 6.95. The van der Waals surface area contributed by atoms with Gasteiger partial charge in [-0.3, -0.25) is 5.43 Å². The van der Waals surface area contributed by atoms with Gasteiger partial charge in [-0.1, -0.05) is 18.2 Å². The number of methoxy groups -OCH3 is 1. The van der Waals surface area contributed by atoms with Crippen molar-refractivity contribution in [1.29, 1.82) is 0 Å². The van der Waals surface area contributed by atoms with Gasteiger partial charge in [-0.25, -0.2) is 4.68 Å². The molecule has 0 saturated carbocycles. The zero-order valence-corrected chi connectivity index (χ0v) is 12.2. The maximum atomic E-state index is 5.12. The minimum absolute atomic E-state index is 0.816. The van der Waals surface area contributed by atoms with Crippen molar-refractivity contribution in [2.24, 2.45) is 5.10 Å². The number of para-hydroxylation sites is 1. The van der Waals surface area contributed by atoms with Crippen LogP contribution in [0.15, 0.2) is 72.0 Å². The van der Waals surface area contributed by atoms with Crippen LogP contribution in [0.5, 0.6) is 5.75 Å². The third-order valence-electron chi connectivity index (χ3n) is 3.15. The molecule has 0 fully saturated rings. The van der Waals surface area contributed by atoms with E-state index in [9.17, 15) is 0 Å². The van der Waals surface area contributed by atoms with Gasteiger partial charge in [0.1, 0.15) is 5.75 Å². The fourth-order valence-electron chi connectivity index (χ4n) is 2.03. The maximum Gasteiger partial charge on any atom is 0.119 e. The molecule has 0 atom stereocenters. The van der Waals surface area contributed by atoms with E-state index < -0.39 is 0 Å². The molecule has 0 unspecified atom stereocenters. The van der Waals surface area contributed by atoms with E-state index in [4.69, 9.17) is 4.74 Å². The van der Waals surface area contributed by atoms with E-state index in [1.165, 1.54) is 0 Å². The first kappa shape index (κ1) is 13.9. The second-order valence-electron chi connectivity index (χ2n) is 4.60. The highest BCUT2D eigenvalue weighted by Gasteiger charge is 2.01. The second-order valence-corrected chi connectivity index (χ2v) is 4.60. The second kappa shape index (κ2) is 6.58. The molecule has 22 heavy (non-hydrogen) atoms. The number of rotatable bonds is 5. The Morgan fingerprint density at radius 3 is 2.55 bits per heavy atom. The summed E-state index contributed by atoms with van der Waals surface area (Å²) in [6, 6.07) is 19.4. The first-order valence-corrected chi connectivity index (χ1v) is 6.89. The Hall–Kier alpha value is -3.08. The zero-order chi connectivity index (χ0) is 15.2. The Bertz CT molecular complexity index is 748. The first-order valence-electron chi connectivity index (χ1n) is 6.89. The summed E-state index contributed by atoms with van der Waals surface area (Å²) in [7, 11) is 1.64. The van der Waals surface area contributed by atoms with Crippen LogP contribution < -0.4 is 10.2 Å². The van der Waals surface area contributed by atoms with Gasteiger partial charge < -0.3 is 4.74 Å². The first-order chi connectivity index (χ1) is 10.9. The Labute approximate surface area is 128 Å². The van der Waals surface area contributed by atoms with Gasteiger partial charge in [0, 0.05) is 0 Å². The lowest BCUT2D eigenvalue weighted by molar-refractivity contribution is 0.415. The van der Waals surface area contributed by atoms with E-state index in [1.807, 2.05) is 65.3 Å². The number of hydrogen-bond acceptors (Lipinski definition) is 4. The zero-order valence-electron chi connectivity index (χ0n) is 12.2. The molecule has 0 aliphatic heterocycles. The summed E-state index contributed by atoms with van der Waals surface area (Å²) in [5.74, 6) is 0.816. The minimum Gasteiger partial charge on any atom is -0.497 e. The van der Waals surface area contributed by atoms with Crippen LogP contribution in [0.25, 0.3) is 5.69 Å². The van der Waals surface area contributed by atoms with Gasteiger partial charge in [-0.05, 0) is 42.5 Å². The highest BCUT2D eigenvalue weighted by atomic mass is 16.5. The van der Waals surface area contributed by atoms with Crippen molar-refractivity contribution in [3.05, 3.63) is 72.6 Å². The molecule has 5 nitrogen and oxygen atoms in total. The topological polar surface area (TPSA) is 51.4 Å². The molecule has 3 rings (SSSR count). The summed E-state index contributed by atoms with van der Waals surface area (Å²) in [5, 5.41) is 8.56. The predicted molar refractivity (Wildman–Crippen MR) is 87.8 cm³/mol. The van der Waals surface area contributed by atoms with Crippen molar-refractivity contribution < 1.29 is 4.74 Å². The van der Waals surface area contributed by atoms with E-state index in [0.29, 0.717) is 0 Å². The van der Waals surface area contributed by atoms with Crippen LogP contribution in [0.3, 0.4) is 0 Å². The molecule has 3 aromatic rings. The van der Waals surface area contributed by atoms with E-state index in [-0.39, 0.29) is 0 Å². The van der Waals surface area contributed by atoms with Crippen molar-refractivity contribution in [3.63, 3.8) is 0 Å². The van der Waals surface area contributed by atoms with Gasteiger partial charge in [0.2, 0.25) is 0 Å². The third kappa shape index (κ3) is 3.15. The molecule has 0 saturated heterocycles. The minimum atomic E-state index is 0.816. The Kier molecular flexibility index (Phi) is 4.15. The molecule has 0 spiro atoms. The standard InChI is InChI=1S/C17H16N4O/c1-22-17-9-7-14(8-10-17)20-18-13-16-11-12-19-21(16)15-5-3-2-4-6-15/h2-13,20H,1H3/b18-13+. The Morgan fingerprint density at radius 2 is 1.82 bits per heavy atom. The molecule has 0 amide bonds. The van der Waals surface area contributed by atoms with Gasteiger partial charge in [-0.15, -0.1) is 0 Å². The number of benzene rings is 2. The third-order valence-corrected chi connectivity index (χ3v) is 3.15. The smallest absolute Gasteiger partial charge is 0.119 e. The largest absolute Gasteiger partial charge is 0.497 e. The molecular weight excluding hydrogens is 276 g/mol. The lowest BCUT2D eigenvalue weighted by atomic mass is 10.3. The van der Waals surface area contributed by atoms with Crippen LogP contribution in [-0.2, 0) is 0 Å². The molecule has 0 bridgehead atoms. The Morgan fingerprint density at radius 1 is 1.05 bits per heavy atom.